The first-order chi connectivity index (χ1) is 16.4. The molecule has 7 nitrogen and oxygen atoms in total. The number of rotatable bonds is 6. The summed E-state index contributed by atoms with van der Waals surface area (Å²) < 4.78 is 57.7. The van der Waals surface area contributed by atoms with Crippen LogP contribution in [0.25, 0.3) is 10.2 Å². The molecule has 12 heteroatoms. The second kappa shape index (κ2) is 9.34. The van der Waals surface area contributed by atoms with Crippen LogP contribution in [0, 0.1) is 20.8 Å². The van der Waals surface area contributed by atoms with Gasteiger partial charge in [-0.15, -0.1) is 11.3 Å². The molecule has 4 aromatic rings. The maximum absolute atomic E-state index is 14.2. The molecule has 35 heavy (non-hydrogen) atoms. The number of nitrogens with two attached hydrogens (primary N) is 1. The van der Waals surface area contributed by atoms with E-state index in [4.69, 9.17) is 28.9 Å². The summed E-state index contributed by atoms with van der Waals surface area (Å²) in [6.45, 7) is 4.77. The summed E-state index contributed by atoms with van der Waals surface area (Å²) in [6, 6.07) is 11.7. The van der Waals surface area contributed by atoms with Crippen LogP contribution < -0.4 is 9.44 Å². The van der Waals surface area contributed by atoms with Crippen molar-refractivity contribution in [2.45, 2.75) is 37.1 Å². The van der Waals surface area contributed by atoms with E-state index in [1.807, 2.05) is 6.92 Å². The Morgan fingerprint density at radius 2 is 1.51 bits per heavy atom. The standard InChI is InChI=1S/C23H21Cl2N3O4S3/c1-13-10-19-21(33-15(3)27-19)11-20(13)28(34(29,30)22-8-4-6-17(24)14(22)2)35(31,32)23-9-5-7-18(25)16(23)12-26/h4-11H,12,26H2,1-3H3. The van der Waals surface area contributed by atoms with Gasteiger partial charge in [0, 0.05) is 22.2 Å². The largest absolute Gasteiger partial charge is 0.326 e. The van der Waals surface area contributed by atoms with Crippen molar-refractivity contribution >= 4 is 70.5 Å². The van der Waals surface area contributed by atoms with E-state index in [9.17, 15) is 16.8 Å². The third-order valence-corrected chi connectivity index (χ3v) is 11.6. The van der Waals surface area contributed by atoms with E-state index in [0.717, 1.165) is 5.01 Å². The number of hydrogen-bond acceptors (Lipinski definition) is 7. The van der Waals surface area contributed by atoms with E-state index in [-0.39, 0.29) is 43.2 Å². The maximum Gasteiger partial charge on any atom is 0.278 e. The average molecular weight is 571 g/mol. The summed E-state index contributed by atoms with van der Waals surface area (Å²) >= 11 is 13.8. The maximum atomic E-state index is 14.2. The fourth-order valence-corrected chi connectivity index (χ4v) is 9.46. The Bertz CT molecular complexity index is 1680. The number of aryl methyl sites for hydroxylation is 2. The monoisotopic (exact) mass is 569 g/mol. The van der Waals surface area contributed by atoms with E-state index in [0.29, 0.717) is 19.5 Å². The Morgan fingerprint density at radius 3 is 2.17 bits per heavy atom. The summed E-state index contributed by atoms with van der Waals surface area (Å²) in [4.78, 5) is 3.90. The Kier molecular flexibility index (Phi) is 6.91. The summed E-state index contributed by atoms with van der Waals surface area (Å²) in [5, 5.41) is 1.08. The van der Waals surface area contributed by atoms with Crippen molar-refractivity contribution in [2.75, 3.05) is 3.71 Å². The van der Waals surface area contributed by atoms with Crippen LogP contribution in [0.15, 0.2) is 58.3 Å². The predicted molar refractivity (Wildman–Crippen MR) is 141 cm³/mol. The molecule has 1 aromatic heterocycles. The molecule has 0 bridgehead atoms. The summed E-state index contributed by atoms with van der Waals surface area (Å²) in [5.41, 5.74) is 7.19. The van der Waals surface area contributed by atoms with Crippen LogP contribution in [0.1, 0.15) is 21.7 Å². The zero-order valence-corrected chi connectivity index (χ0v) is 22.9. The first-order valence-electron chi connectivity index (χ1n) is 10.3. The van der Waals surface area contributed by atoms with Crippen molar-refractivity contribution in [2.24, 2.45) is 5.73 Å². The number of hydrogen-bond donors (Lipinski definition) is 1. The van der Waals surface area contributed by atoms with Gasteiger partial charge < -0.3 is 5.73 Å². The predicted octanol–water partition coefficient (Wildman–Crippen LogP) is 5.57. The summed E-state index contributed by atoms with van der Waals surface area (Å²) in [6.07, 6.45) is 0. The number of halogens is 2. The van der Waals surface area contributed by atoms with Gasteiger partial charge >= 0.3 is 0 Å². The molecular formula is C23H21Cl2N3O4S3. The van der Waals surface area contributed by atoms with Gasteiger partial charge in [-0.2, -0.15) is 20.5 Å². The molecule has 0 fully saturated rings. The van der Waals surface area contributed by atoms with Crippen molar-refractivity contribution in [3.05, 3.63) is 80.3 Å². The molecule has 0 atom stereocenters. The molecular weight excluding hydrogens is 549 g/mol. The van der Waals surface area contributed by atoms with Gasteiger partial charge in [0.15, 0.2) is 0 Å². The van der Waals surface area contributed by atoms with Crippen LogP contribution in [0.3, 0.4) is 0 Å². The topological polar surface area (TPSA) is 110 Å². The number of benzene rings is 3. The fourth-order valence-electron chi connectivity index (χ4n) is 3.79. The number of aromatic nitrogens is 1. The molecule has 0 amide bonds. The van der Waals surface area contributed by atoms with Crippen LogP contribution in [0.5, 0.6) is 0 Å². The molecule has 3 aromatic carbocycles. The normalized spacial score (nSPS) is 12.3. The highest BCUT2D eigenvalue weighted by atomic mass is 35.5. The SMILES string of the molecule is Cc1nc2cc(C)c(N(S(=O)(=O)c3cccc(Cl)c3C)S(=O)(=O)c3cccc(Cl)c3CN)cc2s1. The number of sulfonamides is 2. The van der Waals surface area contributed by atoms with Gasteiger partial charge in [-0.3, -0.25) is 0 Å². The number of anilines is 1. The first kappa shape index (κ1) is 25.9. The molecule has 184 valence electrons. The Morgan fingerprint density at radius 1 is 0.914 bits per heavy atom. The lowest BCUT2D eigenvalue weighted by Crippen LogP contribution is -2.38. The second-order valence-electron chi connectivity index (χ2n) is 7.83. The minimum atomic E-state index is -4.72. The quantitative estimate of drug-likeness (QED) is 0.325. The molecule has 0 aliphatic carbocycles. The first-order valence-corrected chi connectivity index (χ1v) is 14.8. The van der Waals surface area contributed by atoms with E-state index in [2.05, 4.69) is 4.98 Å². The van der Waals surface area contributed by atoms with Gasteiger partial charge in [0.25, 0.3) is 20.0 Å². The highest BCUT2D eigenvalue weighted by molar-refractivity contribution is 8.10. The molecule has 2 N–H and O–H groups in total. The second-order valence-corrected chi connectivity index (χ2v) is 13.6. The van der Waals surface area contributed by atoms with Crippen LogP contribution in [0.4, 0.5) is 5.69 Å². The van der Waals surface area contributed by atoms with Crippen molar-refractivity contribution in [3.8, 4) is 0 Å². The summed E-state index contributed by atoms with van der Waals surface area (Å²) in [5.74, 6) is 0. The lowest BCUT2D eigenvalue weighted by Gasteiger charge is -2.27. The van der Waals surface area contributed by atoms with Crippen molar-refractivity contribution in [1.82, 2.24) is 4.98 Å². The lowest BCUT2D eigenvalue weighted by molar-refractivity contribution is 0.583. The minimum Gasteiger partial charge on any atom is -0.326 e. The Hall–Kier alpha value is -2.21. The molecule has 0 saturated carbocycles. The molecule has 0 saturated heterocycles. The molecule has 0 spiro atoms. The van der Waals surface area contributed by atoms with Gasteiger partial charge in [-0.05, 0) is 68.3 Å². The van der Waals surface area contributed by atoms with E-state index in [1.54, 1.807) is 13.0 Å². The minimum absolute atomic E-state index is 0.0246. The Balaban J connectivity index is 2.11. The van der Waals surface area contributed by atoms with Crippen LogP contribution in [-0.4, -0.2) is 21.8 Å². The molecule has 1 heterocycles. The third-order valence-electron chi connectivity index (χ3n) is 5.50. The molecule has 0 aliphatic rings. The number of fused-ring (bicyclic) bond motifs is 1. The van der Waals surface area contributed by atoms with Gasteiger partial charge in [-0.25, -0.2) is 4.98 Å². The highest BCUT2D eigenvalue weighted by Crippen LogP contribution is 2.39. The van der Waals surface area contributed by atoms with Crippen LogP contribution in [0.2, 0.25) is 10.0 Å². The van der Waals surface area contributed by atoms with Crippen LogP contribution in [-0.2, 0) is 26.6 Å². The highest BCUT2D eigenvalue weighted by Gasteiger charge is 2.40. The number of thiazole rings is 1. The molecule has 0 radical (unpaired) electrons. The van der Waals surface area contributed by atoms with Gasteiger partial charge in [0.1, 0.15) is 0 Å². The Labute approximate surface area is 218 Å². The molecule has 0 aliphatic heterocycles. The zero-order chi connectivity index (χ0) is 25.7. The van der Waals surface area contributed by atoms with Crippen LogP contribution >= 0.6 is 34.5 Å². The van der Waals surface area contributed by atoms with Crippen molar-refractivity contribution < 1.29 is 16.8 Å². The molecule has 4 rings (SSSR count). The average Bonchev–Trinajstić information content (AvgIpc) is 3.13. The number of nitrogens with zero attached hydrogens (tertiary/aromatic N) is 2. The third kappa shape index (κ3) is 4.43. The van der Waals surface area contributed by atoms with E-state index in [1.165, 1.54) is 60.7 Å². The van der Waals surface area contributed by atoms with E-state index >= 15 is 0 Å². The van der Waals surface area contributed by atoms with Crippen molar-refractivity contribution in [3.63, 3.8) is 0 Å². The fraction of sp³-hybridized carbons (Fsp3) is 0.174. The van der Waals surface area contributed by atoms with Gasteiger partial charge in [0.05, 0.1) is 30.7 Å². The van der Waals surface area contributed by atoms with Crippen molar-refractivity contribution in [1.29, 1.82) is 0 Å². The zero-order valence-electron chi connectivity index (χ0n) is 18.9. The van der Waals surface area contributed by atoms with Gasteiger partial charge in [0.2, 0.25) is 0 Å². The smallest absolute Gasteiger partial charge is 0.278 e. The lowest BCUT2D eigenvalue weighted by atomic mass is 10.2. The van der Waals surface area contributed by atoms with Gasteiger partial charge in [-0.1, -0.05) is 35.3 Å². The van der Waals surface area contributed by atoms with E-state index < -0.39 is 20.0 Å². The summed E-state index contributed by atoms with van der Waals surface area (Å²) in [7, 11) is -9.39. The molecule has 0 unspecified atom stereocenters.